The Kier molecular flexibility index (Phi) is 7.86. The topological polar surface area (TPSA) is 84.9 Å². The van der Waals surface area contributed by atoms with Crippen LogP contribution in [0.25, 0.3) is 0 Å². The molecule has 0 amide bonds. The summed E-state index contributed by atoms with van der Waals surface area (Å²) < 4.78 is 27.7. The lowest BCUT2D eigenvalue weighted by atomic mass is 9.99. The molecule has 0 radical (unpaired) electrons. The highest BCUT2D eigenvalue weighted by atomic mass is 32.2. The van der Waals surface area contributed by atoms with Crippen molar-refractivity contribution in [2.75, 3.05) is 63.6 Å². The summed E-state index contributed by atoms with van der Waals surface area (Å²) in [7, 11) is -0.0993. The van der Waals surface area contributed by atoms with Crippen LogP contribution in [0.15, 0.2) is 12.3 Å². The number of rotatable bonds is 6. The Hall–Kier alpha value is -1.49. The number of nitrogens with one attached hydrogen (secondary N) is 1. The Morgan fingerprint density at radius 1 is 0.969 bits per heavy atom. The van der Waals surface area contributed by atoms with Crippen molar-refractivity contribution in [3.8, 4) is 0 Å². The summed E-state index contributed by atoms with van der Waals surface area (Å²) in [6.45, 7) is 5.40. The van der Waals surface area contributed by atoms with Gasteiger partial charge < -0.3 is 10.2 Å². The first-order valence-electron chi connectivity index (χ1n) is 12.2. The van der Waals surface area contributed by atoms with Gasteiger partial charge in [0.05, 0.1) is 0 Å². The standard InChI is InChI=1S/C22H39N7O2S/c1-26(2)32(30,31)29-16-10-20(11-17-29)28-15-7-8-19(18-28)24-22-23-12-9-21(25-22)27-13-5-3-4-6-14-27/h9,12,19-20H,3-8,10-11,13-18H2,1-2H3,(H,23,24,25). The summed E-state index contributed by atoms with van der Waals surface area (Å²) in [5.74, 6) is 1.76. The summed E-state index contributed by atoms with van der Waals surface area (Å²) in [5, 5.41) is 3.59. The van der Waals surface area contributed by atoms with E-state index < -0.39 is 10.2 Å². The van der Waals surface area contributed by atoms with Crippen molar-refractivity contribution in [1.29, 1.82) is 0 Å². The number of hydrogen-bond acceptors (Lipinski definition) is 7. The Bertz CT molecular complexity index is 834. The van der Waals surface area contributed by atoms with Crippen LogP contribution in [0.5, 0.6) is 0 Å². The van der Waals surface area contributed by atoms with Crippen LogP contribution >= 0.6 is 0 Å². The van der Waals surface area contributed by atoms with Gasteiger partial charge in [-0.2, -0.15) is 22.0 Å². The molecule has 0 aromatic carbocycles. The summed E-state index contributed by atoms with van der Waals surface area (Å²) in [4.78, 5) is 14.3. The molecule has 1 aromatic heterocycles. The van der Waals surface area contributed by atoms with E-state index in [1.54, 1.807) is 18.4 Å². The molecule has 1 unspecified atom stereocenters. The molecule has 3 aliphatic heterocycles. The fourth-order valence-electron chi connectivity index (χ4n) is 5.20. The molecule has 32 heavy (non-hydrogen) atoms. The molecule has 0 bridgehead atoms. The van der Waals surface area contributed by atoms with Gasteiger partial charge in [0.1, 0.15) is 5.82 Å². The number of likely N-dealkylation sites (tertiary alicyclic amines) is 1. The molecule has 0 saturated carbocycles. The molecule has 0 spiro atoms. The third-order valence-corrected chi connectivity index (χ3v) is 9.03. The fourth-order valence-corrected chi connectivity index (χ4v) is 6.34. The monoisotopic (exact) mass is 465 g/mol. The zero-order valence-corrected chi connectivity index (χ0v) is 20.4. The molecule has 1 atom stereocenters. The molecule has 4 heterocycles. The van der Waals surface area contributed by atoms with Gasteiger partial charge in [0.2, 0.25) is 5.95 Å². The molecule has 3 aliphatic rings. The first-order chi connectivity index (χ1) is 15.4. The first-order valence-corrected chi connectivity index (χ1v) is 13.6. The maximum Gasteiger partial charge on any atom is 0.281 e. The molecule has 1 N–H and O–H groups in total. The maximum atomic E-state index is 12.4. The van der Waals surface area contributed by atoms with Crippen molar-refractivity contribution >= 4 is 22.0 Å². The normalized spacial score (nSPS) is 25.1. The molecular weight excluding hydrogens is 426 g/mol. The van der Waals surface area contributed by atoms with Crippen LogP contribution in [0, 0.1) is 0 Å². The van der Waals surface area contributed by atoms with E-state index in [1.165, 1.54) is 30.0 Å². The molecule has 0 aliphatic carbocycles. The van der Waals surface area contributed by atoms with Gasteiger partial charge in [-0.3, -0.25) is 4.90 Å². The van der Waals surface area contributed by atoms with E-state index in [2.05, 4.69) is 20.1 Å². The van der Waals surface area contributed by atoms with Gasteiger partial charge in [0.15, 0.2) is 0 Å². The largest absolute Gasteiger partial charge is 0.356 e. The van der Waals surface area contributed by atoms with E-state index in [0.29, 0.717) is 25.2 Å². The van der Waals surface area contributed by atoms with Crippen molar-refractivity contribution in [1.82, 2.24) is 23.5 Å². The minimum atomic E-state index is -3.31. The summed E-state index contributed by atoms with van der Waals surface area (Å²) in [6, 6.07) is 2.79. The maximum absolute atomic E-state index is 12.4. The van der Waals surface area contributed by atoms with Gasteiger partial charge in [-0.05, 0) is 51.1 Å². The molecule has 1 aromatic rings. The lowest BCUT2D eigenvalue weighted by Crippen LogP contribution is -2.53. The predicted octanol–water partition coefficient (Wildman–Crippen LogP) is 2.00. The second-order valence-electron chi connectivity index (χ2n) is 9.54. The van der Waals surface area contributed by atoms with Crippen LogP contribution in [-0.4, -0.2) is 97.3 Å². The first kappa shape index (κ1) is 23.7. The third kappa shape index (κ3) is 5.70. The van der Waals surface area contributed by atoms with Crippen LogP contribution in [0.1, 0.15) is 51.4 Å². The van der Waals surface area contributed by atoms with Crippen molar-refractivity contribution in [3.05, 3.63) is 12.3 Å². The van der Waals surface area contributed by atoms with Crippen molar-refractivity contribution < 1.29 is 8.42 Å². The minimum Gasteiger partial charge on any atom is -0.356 e. The molecule has 3 fully saturated rings. The van der Waals surface area contributed by atoms with Crippen LogP contribution in [-0.2, 0) is 10.2 Å². The summed E-state index contributed by atoms with van der Waals surface area (Å²) >= 11 is 0. The van der Waals surface area contributed by atoms with E-state index in [-0.39, 0.29) is 0 Å². The number of nitrogens with zero attached hydrogens (tertiary/aromatic N) is 6. The van der Waals surface area contributed by atoms with Gasteiger partial charge in [0.25, 0.3) is 10.2 Å². The zero-order chi connectivity index (χ0) is 22.6. The number of hydrogen-bond donors (Lipinski definition) is 1. The summed E-state index contributed by atoms with van der Waals surface area (Å²) in [6.07, 6.45) is 11.0. The average Bonchev–Trinajstić information content (AvgIpc) is 3.09. The Labute approximate surface area is 193 Å². The number of anilines is 2. The quantitative estimate of drug-likeness (QED) is 0.688. The lowest BCUT2D eigenvalue weighted by Gasteiger charge is -2.42. The summed E-state index contributed by atoms with van der Waals surface area (Å²) in [5.41, 5.74) is 0. The smallest absolute Gasteiger partial charge is 0.281 e. The molecule has 3 saturated heterocycles. The number of piperidine rings is 2. The van der Waals surface area contributed by atoms with Gasteiger partial charge in [-0.15, -0.1) is 0 Å². The van der Waals surface area contributed by atoms with Gasteiger partial charge in [-0.25, -0.2) is 4.98 Å². The predicted molar refractivity (Wildman–Crippen MR) is 128 cm³/mol. The Morgan fingerprint density at radius 3 is 2.38 bits per heavy atom. The van der Waals surface area contributed by atoms with E-state index in [0.717, 1.165) is 63.6 Å². The average molecular weight is 466 g/mol. The molecule has 9 nitrogen and oxygen atoms in total. The van der Waals surface area contributed by atoms with Crippen LogP contribution < -0.4 is 10.2 Å². The SMILES string of the molecule is CN(C)S(=O)(=O)N1CCC(N2CCCC(Nc3nccc(N4CCCCCC4)n3)C2)CC1. The molecule has 10 heteroatoms. The van der Waals surface area contributed by atoms with Crippen LogP contribution in [0.4, 0.5) is 11.8 Å². The van der Waals surface area contributed by atoms with Gasteiger partial charge >= 0.3 is 0 Å². The third-order valence-electron chi connectivity index (χ3n) is 7.08. The Morgan fingerprint density at radius 2 is 1.69 bits per heavy atom. The van der Waals surface area contributed by atoms with Crippen molar-refractivity contribution in [3.63, 3.8) is 0 Å². The van der Waals surface area contributed by atoms with E-state index >= 15 is 0 Å². The number of aromatic nitrogens is 2. The van der Waals surface area contributed by atoms with E-state index in [4.69, 9.17) is 4.98 Å². The molecule has 180 valence electrons. The van der Waals surface area contributed by atoms with Crippen LogP contribution in [0.2, 0.25) is 0 Å². The fraction of sp³-hybridized carbons (Fsp3) is 0.818. The lowest BCUT2D eigenvalue weighted by molar-refractivity contribution is 0.110. The van der Waals surface area contributed by atoms with Crippen molar-refractivity contribution in [2.45, 2.75) is 63.5 Å². The van der Waals surface area contributed by atoms with Gasteiger partial charge in [0, 0.05) is 65.1 Å². The second kappa shape index (κ2) is 10.6. The van der Waals surface area contributed by atoms with Crippen molar-refractivity contribution in [2.24, 2.45) is 0 Å². The van der Waals surface area contributed by atoms with Crippen LogP contribution in [0.3, 0.4) is 0 Å². The highest BCUT2D eigenvalue weighted by molar-refractivity contribution is 7.86. The zero-order valence-electron chi connectivity index (χ0n) is 19.6. The van der Waals surface area contributed by atoms with E-state index in [9.17, 15) is 8.42 Å². The highest BCUT2D eigenvalue weighted by Crippen LogP contribution is 2.24. The second-order valence-corrected chi connectivity index (χ2v) is 11.7. The van der Waals surface area contributed by atoms with E-state index in [1.807, 2.05) is 12.3 Å². The Balaban J connectivity index is 1.32. The minimum absolute atomic E-state index is 0.326. The van der Waals surface area contributed by atoms with Gasteiger partial charge in [-0.1, -0.05) is 12.8 Å². The molecule has 4 rings (SSSR count). The molecular formula is C22H39N7O2S. The highest BCUT2D eigenvalue weighted by Gasteiger charge is 2.33.